The molecule has 34 heavy (non-hydrogen) atoms. The quantitative estimate of drug-likeness (QED) is 0.482. The van der Waals surface area contributed by atoms with Crippen molar-refractivity contribution in [3.8, 4) is 5.75 Å². The Labute approximate surface area is 199 Å². The average Bonchev–Trinajstić information content (AvgIpc) is 3.21. The van der Waals surface area contributed by atoms with Gasteiger partial charge in [-0.25, -0.2) is 4.68 Å². The number of nitrogens with one attached hydrogen (secondary N) is 2. The first-order chi connectivity index (χ1) is 16.3. The summed E-state index contributed by atoms with van der Waals surface area (Å²) in [4.78, 5) is 13.3. The summed E-state index contributed by atoms with van der Waals surface area (Å²) in [6, 6.07) is 11.7. The fourth-order valence-electron chi connectivity index (χ4n) is 3.72. The SMILES string of the molecule is CCCc1nnc2n1N[C@H](c1ccc(OCC)cc1)[C@@H](C(=O)Nc1ccccc1C(F)(F)F)S2. The third-order valence-electron chi connectivity index (χ3n) is 5.28. The molecule has 180 valence electrons. The lowest BCUT2D eigenvalue weighted by Crippen LogP contribution is -2.41. The highest BCUT2D eigenvalue weighted by atomic mass is 32.2. The highest BCUT2D eigenvalue weighted by Gasteiger charge is 2.39. The summed E-state index contributed by atoms with van der Waals surface area (Å²) in [5, 5.41) is 10.5. The molecular weight excluding hydrogens is 467 g/mol. The Morgan fingerprint density at radius 1 is 1.15 bits per heavy atom. The number of hydrogen-bond acceptors (Lipinski definition) is 6. The number of nitrogens with zero attached hydrogens (tertiary/aromatic N) is 3. The zero-order valence-corrected chi connectivity index (χ0v) is 19.4. The van der Waals surface area contributed by atoms with Gasteiger partial charge in [-0.3, -0.25) is 4.79 Å². The van der Waals surface area contributed by atoms with Gasteiger partial charge in [0.2, 0.25) is 11.1 Å². The van der Waals surface area contributed by atoms with Crippen LogP contribution in [0.3, 0.4) is 0 Å². The lowest BCUT2D eigenvalue weighted by atomic mass is 10.0. The molecule has 0 aliphatic carbocycles. The molecule has 1 amide bonds. The number of ether oxygens (including phenoxy) is 1. The third kappa shape index (κ3) is 4.98. The molecular formula is C23H24F3N5O2S. The van der Waals surface area contributed by atoms with Gasteiger partial charge in [0.15, 0.2) is 5.82 Å². The van der Waals surface area contributed by atoms with Crippen LogP contribution in [0.4, 0.5) is 18.9 Å². The van der Waals surface area contributed by atoms with Crippen LogP contribution in [-0.4, -0.2) is 32.6 Å². The fraction of sp³-hybridized carbons (Fsp3) is 0.348. The third-order valence-corrected chi connectivity index (χ3v) is 6.49. The van der Waals surface area contributed by atoms with E-state index in [1.54, 1.807) is 16.8 Å². The van der Waals surface area contributed by atoms with Gasteiger partial charge in [0.05, 0.1) is 23.9 Å². The van der Waals surface area contributed by atoms with Gasteiger partial charge in [0.1, 0.15) is 11.0 Å². The Balaban J connectivity index is 1.67. The Kier molecular flexibility index (Phi) is 7.01. The molecule has 2 aromatic carbocycles. The van der Waals surface area contributed by atoms with Crippen LogP contribution >= 0.6 is 11.8 Å². The number of aromatic nitrogens is 3. The van der Waals surface area contributed by atoms with Crippen LogP contribution < -0.4 is 15.5 Å². The zero-order chi connectivity index (χ0) is 24.3. The second kappa shape index (κ2) is 9.96. The van der Waals surface area contributed by atoms with E-state index in [0.29, 0.717) is 23.9 Å². The minimum atomic E-state index is -4.59. The van der Waals surface area contributed by atoms with Crippen molar-refractivity contribution in [2.45, 2.75) is 49.3 Å². The molecule has 2 heterocycles. The number of anilines is 1. The molecule has 2 atom stereocenters. The number of alkyl halides is 3. The summed E-state index contributed by atoms with van der Waals surface area (Å²) < 4.78 is 47.6. The van der Waals surface area contributed by atoms with Gasteiger partial charge in [-0.15, -0.1) is 10.2 Å². The summed E-state index contributed by atoms with van der Waals surface area (Å²) >= 11 is 1.16. The van der Waals surface area contributed by atoms with E-state index in [-0.39, 0.29) is 5.69 Å². The molecule has 0 bridgehead atoms. The molecule has 11 heteroatoms. The van der Waals surface area contributed by atoms with Crippen molar-refractivity contribution in [3.05, 3.63) is 65.5 Å². The van der Waals surface area contributed by atoms with Crippen LogP contribution in [0.15, 0.2) is 53.7 Å². The predicted octanol–water partition coefficient (Wildman–Crippen LogP) is 5.05. The fourth-order valence-corrected chi connectivity index (χ4v) is 4.81. The molecule has 0 saturated heterocycles. The van der Waals surface area contributed by atoms with Crippen LogP contribution in [0.25, 0.3) is 0 Å². The van der Waals surface area contributed by atoms with Crippen molar-refractivity contribution < 1.29 is 22.7 Å². The van der Waals surface area contributed by atoms with E-state index in [9.17, 15) is 18.0 Å². The number of amides is 1. The number of rotatable bonds is 7. The van der Waals surface area contributed by atoms with Crippen molar-refractivity contribution >= 4 is 23.4 Å². The lowest BCUT2D eigenvalue weighted by molar-refractivity contribution is -0.137. The molecule has 0 spiro atoms. The van der Waals surface area contributed by atoms with Gasteiger partial charge in [-0.1, -0.05) is 43.0 Å². The van der Waals surface area contributed by atoms with Gasteiger partial charge < -0.3 is 15.5 Å². The molecule has 1 aliphatic heterocycles. The topological polar surface area (TPSA) is 81.1 Å². The largest absolute Gasteiger partial charge is 0.494 e. The maximum atomic E-state index is 13.5. The van der Waals surface area contributed by atoms with Crippen LogP contribution in [0.5, 0.6) is 5.75 Å². The van der Waals surface area contributed by atoms with E-state index in [2.05, 4.69) is 20.9 Å². The van der Waals surface area contributed by atoms with Crippen LogP contribution in [-0.2, 0) is 17.4 Å². The van der Waals surface area contributed by atoms with Gasteiger partial charge in [-0.05, 0) is 43.2 Å². The summed E-state index contributed by atoms with van der Waals surface area (Å²) in [7, 11) is 0. The van der Waals surface area contributed by atoms with Crippen molar-refractivity contribution in [3.63, 3.8) is 0 Å². The Hall–Kier alpha value is -3.21. The monoisotopic (exact) mass is 491 g/mol. The number of benzene rings is 2. The number of halogens is 3. The van der Waals surface area contributed by atoms with E-state index in [1.807, 2.05) is 26.0 Å². The molecule has 1 aromatic heterocycles. The number of thioether (sulfide) groups is 1. The standard InChI is InChI=1S/C23H24F3N5O2S/c1-3-7-18-28-29-22-31(18)30-19(14-10-12-15(13-11-14)33-4-2)20(34-22)21(32)27-17-9-6-5-8-16(17)23(24,25)26/h5-6,8-13,19-20,30H,3-4,7H2,1-2H3,(H,27,32)/t19-,20+/m1/s1. The molecule has 7 nitrogen and oxygen atoms in total. The van der Waals surface area contributed by atoms with Crippen molar-refractivity contribution in [2.24, 2.45) is 0 Å². The molecule has 0 unspecified atom stereocenters. The van der Waals surface area contributed by atoms with Gasteiger partial charge in [0, 0.05) is 6.42 Å². The molecule has 0 saturated carbocycles. The Morgan fingerprint density at radius 3 is 2.56 bits per heavy atom. The van der Waals surface area contributed by atoms with Crippen molar-refractivity contribution in [1.29, 1.82) is 0 Å². The minimum Gasteiger partial charge on any atom is -0.494 e. The van der Waals surface area contributed by atoms with Crippen LogP contribution in [0, 0.1) is 0 Å². The molecule has 4 rings (SSSR count). The van der Waals surface area contributed by atoms with Gasteiger partial charge in [0.25, 0.3) is 0 Å². The number of carbonyl (C=O) groups is 1. The second-order valence-electron chi connectivity index (χ2n) is 7.66. The summed E-state index contributed by atoms with van der Waals surface area (Å²) in [6.45, 7) is 4.43. The van der Waals surface area contributed by atoms with E-state index in [1.165, 1.54) is 18.2 Å². The van der Waals surface area contributed by atoms with Crippen molar-refractivity contribution in [1.82, 2.24) is 14.9 Å². The van der Waals surface area contributed by atoms with Crippen LogP contribution in [0.1, 0.15) is 43.3 Å². The average molecular weight is 492 g/mol. The van der Waals surface area contributed by atoms with Crippen molar-refractivity contribution in [2.75, 3.05) is 17.3 Å². The molecule has 0 radical (unpaired) electrons. The zero-order valence-electron chi connectivity index (χ0n) is 18.6. The first-order valence-electron chi connectivity index (χ1n) is 10.9. The van der Waals surface area contributed by atoms with E-state index in [0.717, 1.165) is 35.6 Å². The number of para-hydroxylation sites is 1. The van der Waals surface area contributed by atoms with Crippen LogP contribution in [0.2, 0.25) is 0 Å². The molecule has 0 fully saturated rings. The van der Waals surface area contributed by atoms with E-state index < -0.39 is 28.9 Å². The normalized spacial score (nSPS) is 17.6. The van der Waals surface area contributed by atoms with Gasteiger partial charge in [-0.2, -0.15) is 13.2 Å². The molecule has 3 aromatic rings. The smallest absolute Gasteiger partial charge is 0.418 e. The summed E-state index contributed by atoms with van der Waals surface area (Å²) in [6.07, 6.45) is -3.05. The minimum absolute atomic E-state index is 0.287. The maximum Gasteiger partial charge on any atom is 0.418 e. The highest BCUT2D eigenvalue weighted by molar-refractivity contribution is 8.00. The highest BCUT2D eigenvalue weighted by Crippen LogP contribution is 2.39. The van der Waals surface area contributed by atoms with E-state index in [4.69, 9.17) is 4.74 Å². The first kappa shape index (κ1) is 23.9. The summed E-state index contributed by atoms with van der Waals surface area (Å²) in [5.41, 5.74) is 2.90. The molecule has 1 aliphatic rings. The predicted molar refractivity (Wildman–Crippen MR) is 123 cm³/mol. The first-order valence-corrected chi connectivity index (χ1v) is 11.8. The van der Waals surface area contributed by atoms with Gasteiger partial charge >= 0.3 is 6.18 Å². The summed E-state index contributed by atoms with van der Waals surface area (Å²) in [5.74, 6) is 0.841. The number of carbonyl (C=O) groups excluding carboxylic acids is 1. The Morgan fingerprint density at radius 2 is 1.88 bits per heavy atom. The Bertz CT molecular complexity index is 1150. The number of aryl methyl sites for hydroxylation is 1. The van der Waals surface area contributed by atoms with E-state index >= 15 is 0 Å². The number of hydrogen-bond donors (Lipinski definition) is 2. The maximum absolute atomic E-state index is 13.5. The second-order valence-corrected chi connectivity index (χ2v) is 8.77. The molecule has 2 N–H and O–H groups in total. The lowest BCUT2D eigenvalue weighted by Gasteiger charge is -2.33. The number of fused-ring (bicyclic) bond motifs is 1.